The molecule has 1 amide bonds. The van der Waals surface area contributed by atoms with Crippen LogP contribution in [-0.2, 0) is 33.9 Å². The third-order valence-corrected chi connectivity index (χ3v) is 9.62. The average molecular weight is 635 g/mol. The van der Waals surface area contributed by atoms with E-state index in [9.17, 15) is 36.0 Å². The monoisotopic (exact) mass is 634 g/mol. The van der Waals surface area contributed by atoms with Crippen LogP contribution in [0.4, 0.5) is 13.2 Å². The van der Waals surface area contributed by atoms with Crippen molar-refractivity contribution in [2.45, 2.75) is 56.9 Å². The summed E-state index contributed by atoms with van der Waals surface area (Å²) < 4.78 is 68.7. The minimum atomic E-state index is -4.89. The van der Waals surface area contributed by atoms with Crippen molar-refractivity contribution in [2.24, 2.45) is 0 Å². The highest BCUT2D eigenvalue weighted by atomic mass is 35.5. The van der Waals surface area contributed by atoms with Crippen LogP contribution in [0.3, 0.4) is 0 Å². The molecule has 1 aliphatic heterocycles. The van der Waals surface area contributed by atoms with Gasteiger partial charge in [-0.25, -0.2) is 13.2 Å². The van der Waals surface area contributed by atoms with Crippen LogP contribution in [0.2, 0.25) is 10.0 Å². The van der Waals surface area contributed by atoms with E-state index in [0.29, 0.717) is 30.0 Å². The first-order valence-electron chi connectivity index (χ1n) is 12.7. The Balaban J connectivity index is 1.85. The maximum Gasteiger partial charge on any atom is 0.416 e. The number of rotatable bonds is 8. The van der Waals surface area contributed by atoms with Crippen molar-refractivity contribution in [3.8, 4) is 0 Å². The molecule has 1 aromatic heterocycles. The molecule has 0 aliphatic carbocycles. The van der Waals surface area contributed by atoms with E-state index < -0.39 is 49.8 Å². The zero-order valence-corrected chi connectivity index (χ0v) is 24.4. The Kier molecular flexibility index (Phi) is 8.93. The number of alkyl halides is 3. The van der Waals surface area contributed by atoms with Crippen LogP contribution in [0, 0.1) is 0 Å². The van der Waals surface area contributed by atoms with Crippen LogP contribution < -0.4 is 16.6 Å². The van der Waals surface area contributed by atoms with E-state index in [2.05, 4.69) is 10.3 Å². The van der Waals surface area contributed by atoms with E-state index in [0.717, 1.165) is 0 Å². The predicted octanol–water partition coefficient (Wildman–Crippen LogP) is 3.96. The van der Waals surface area contributed by atoms with Gasteiger partial charge in [0.05, 0.1) is 38.7 Å². The number of H-pyrrole nitrogens is 1. The van der Waals surface area contributed by atoms with Crippen molar-refractivity contribution in [1.29, 1.82) is 0 Å². The minimum absolute atomic E-state index is 0.0318. The molecule has 1 aliphatic rings. The Bertz CT molecular complexity index is 1740. The predicted molar refractivity (Wildman–Crippen MR) is 149 cm³/mol. The van der Waals surface area contributed by atoms with Gasteiger partial charge in [0.25, 0.3) is 5.56 Å². The number of benzene rings is 2. The van der Waals surface area contributed by atoms with Gasteiger partial charge in [0.2, 0.25) is 5.91 Å². The molecule has 9 nitrogen and oxygen atoms in total. The van der Waals surface area contributed by atoms with Crippen LogP contribution in [-0.4, -0.2) is 53.7 Å². The lowest BCUT2D eigenvalue weighted by atomic mass is 10.0. The minimum Gasteiger partial charge on any atom is -0.355 e. The summed E-state index contributed by atoms with van der Waals surface area (Å²) in [6.45, 7) is 2.71. The summed E-state index contributed by atoms with van der Waals surface area (Å²) in [5.41, 5.74) is -3.73. The van der Waals surface area contributed by atoms with Gasteiger partial charge in [0.15, 0.2) is 9.84 Å². The van der Waals surface area contributed by atoms with E-state index >= 15 is 0 Å². The topological polar surface area (TPSA) is 121 Å². The Morgan fingerprint density at radius 3 is 2.51 bits per heavy atom. The Morgan fingerprint density at radius 1 is 1.17 bits per heavy atom. The number of amides is 1. The number of hydrogen-bond donors (Lipinski definition) is 2. The molecule has 0 radical (unpaired) electrons. The molecule has 1 fully saturated rings. The number of hydrogen-bond acceptors (Lipinski definition) is 6. The fourth-order valence-electron chi connectivity index (χ4n) is 5.04. The van der Waals surface area contributed by atoms with Gasteiger partial charge in [-0.05, 0) is 54.8 Å². The molecule has 222 valence electrons. The van der Waals surface area contributed by atoms with Crippen molar-refractivity contribution in [3.05, 3.63) is 71.8 Å². The average Bonchev–Trinajstić information content (AvgIpc) is 3.33. The summed E-state index contributed by atoms with van der Waals surface area (Å²) in [4.78, 5) is 41.9. The molecular weight excluding hydrogens is 608 g/mol. The number of nitrogens with one attached hydrogen (secondary N) is 2. The number of likely N-dealkylation sites (tertiary alicyclic amines) is 1. The second-order valence-corrected chi connectivity index (χ2v) is 12.9. The van der Waals surface area contributed by atoms with Crippen LogP contribution in [0.5, 0.6) is 0 Å². The molecule has 4 rings (SSSR count). The van der Waals surface area contributed by atoms with Crippen molar-refractivity contribution in [3.63, 3.8) is 0 Å². The number of aromatic amines is 1. The molecule has 0 spiro atoms. The summed E-state index contributed by atoms with van der Waals surface area (Å²) in [6, 6.07) is 4.32. The largest absolute Gasteiger partial charge is 0.416 e. The zero-order valence-electron chi connectivity index (χ0n) is 22.1. The Hall–Kier alpha value is -2.87. The number of fused-ring (bicyclic) bond motifs is 1. The molecule has 2 heterocycles. The molecule has 0 saturated carbocycles. The van der Waals surface area contributed by atoms with E-state index in [4.69, 9.17) is 23.2 Å². The normalized spacial score (nSPS) is 16.4. The van der Waals surface area contributed by atoms with Crippen molar-refractivity contribution in [2.75, 3.05) is 18.8 Å². The van der Waals surface area contributed by atoms with Gasteiger partial charge >= 0.3 is 11.9 Å². The number of sulfone groups is 1. The molecule has 1 atom stereocenters. The third-order valence-electron chi connectivity index (χ3n) is 7.14. The molecule has 0 unspecified atom stereocenters. The molecule has 2 N–H and O–H groups in total. The highest BCUT2D eigenvalue weighted by Crippen LogP contribution is 2.39. The number of carbonyl (C=O) groups is 1. The maximum absolute atomic E-state index is 14.3. The standard InChI is InChI=1S/C26H27Cl2F3N4O5S/c1-3-41(39,40)21-7-6-16(27)9-15(21)12-35-24(37)18-10-20(26(29,30)31)19(22(28)23(18)33-25(35)38)13-34-8-4-5-17(34)11-32-14(2)36/h6-7,9-10,17H,3-5,8,11-13H2,1-2H3,(H,32,36)(H,33,38)/t17-/m0/s1. The Labute approximate surface area is 243 Å². The third kappa shape index (κ3) is 6.47. The molecular formula is C26H27Cl2F3N4O5S. The number of halogens is 5. The number of nitrogens with zero attached hydrogens (tertiary/aromatic N) is 2. The highest BCUT2D eigenvalue weighted by Gasteiger charge is 2.37. The summed E-state index contributed by atoms with van der Waals surface area (Å²) in [6.07, 6.45) is -3.52. The van der Waals surface area contributed by atoms with Crippen LogP contribution in [0.15, 0.2) is 38.8 Å². The van der Waals surface area contributed by atoms with Gasteiger partial charge in [0.1, 0.15) is 0 Å². The first kappa shape index (κ1) is 31.1. The molecule has 0 bridgehead atoms. The molecule has 2 aromatic carbocycles. The number of aromatic nitrogens is 2. The number of carbonyl (C=O) groups excluding carboxylic acids is 1. The quantitative estimate of drug-likeness (QED) is 0.387. The maximum atomic E-state index is 14.3. The van der Waals surface area contributed by atoms with Crippen molar-refractivity contribution < 1.29 is 26.4 Å². The summed E-state index contributed by atoms with van der Waals surface area (Å²) in [5, 5.41) is 1.92. The zero-order chi connectivity index (χ0) is 30.3. The molecule has 41 heavy (non-hydrogen) atoms. The van der Waals surface area contributed by atoms with Crippen LogP contribution in [0.1, 0.15) is 43.4 Å². The van der Waals surface area contributed by atoms with Crippen molar-refractivity contribution >= 4 is 49.8 Å². The summed E-state index contributed by atoms with van der Waals surface area (Å²) in [7, 11) is -3.78. The van der Waals surface area contributed by atoms with E-state index in [1.807, 2.05) is 0 Å². The van der Waals surface area contributed by atoms with Gasteiger partial charge in [-0.15, -0.1) is 0 Å². The summed E-state index contributed by atoms with van der Waals surface area (Å²) in [5.74, 6) is -0.525. The lowest BCUT2D eigenvalue weighted by Gasteiger charge is -2.27. The molecule has 3 aromatic rings. The SMILES string of the molecule is CCS(=O)(=O)c1ccc(Cl)cc1Cn1c(=O)[nH]c2c(Cl)c(CN3CCC[C@H]3CNC(C)=O)c(C(F)(F)F)cc2c1=O. The van der Waals surface area contributed by atoms with Gasteiger partial charge in [0, 0.05) is 31.1 Å². The Morgan fingerprint density at radius 2 is 1.88 bits per heavy atom. The van der Waals surface area contributed by atoms with Gasteiger partial charge in [-0.1, -0.05) is 30.1 Å². The fourth-order valence-corrected chi connectivity index (χ4v) is 6.66. The lowest BCUT2D eigenvalue weighted by Crippen LogP contribution is -2.39. The van der Waals surface area contributed by atoms with Gasteiger partial charge < -0.3 is 10.3 Å². The van der Waals surface area contributed by atoms with Gasteiger partial charge in [-0.3, -0.25) is 19.1 Å². The second kappa shape index (κ2) is 11.8. The second-order valence-electron chi connectivity index (χ2n) is 9.82. The van der Waals surface area contributed by atoms with Crippen LogP contribution in [0.25, 0.3) is 10.9 Å². The van der Waals surface area contributed by atoms with E-state index in [1.54, 1.807) is 4.90 Å². The van der Waals surface area contributed by atoms with Gasteiger partial charge in [-0.2, -0.15) is 13.2 Å². The lowest BCUT2D eigenvalue weighted by molar-refractivity contribution is -0.138. The smallest absolute Gasteiger partial charge is 0.355 e. The molecule has 15 heteroatoms. The van der Waals surface area contributed by atoms with E-state index in [1.165, 1.54) is 32.0 Å². The first-order valence-corrected chi connectivity index (χ1v) is 15.1. The molecule has 1 saturated heterocycles. The van der Waals surface area contributed by atoms with Crippen molar-refractivity contribution in [1.82, 2.24) is 19.8 Å². The van der Waals surface area contributed by atoms with Crippen LogP contribution >= 0.6 is 23.2 Å². The van der Waals surface area contributed by atoms with E-state index in [-0.39, 0.29) is 57.4 Å². The first-order chi connectivity index (χ1) is 19.1. The fraction of sp³-hybridized carbons (Fsp3) is 0.423. The highest BCUT2D eigenvalue weighted by molar-refractivity contribution is 7.91. The summed E-state index contributed by atoms with van der Waals surface area (Å²) >= 11 is 12.5.